The van der Waals surface area contributed by atoms with E-state index in [1.807, 2.05) is 56.3 Å². The summed E-state index contributed by atoms with van der Waals surface area (Å²) in [5.41, 5.74) is 0.519. The quantitative estimate of drug-likeness (QED) is 0.274. The van der Waals surface area contributed by atoms with Crippen LogP contribution in [0, 0.1) is 23.7 Å². The van der Waals surface area contributed by atoms with Crippen LogP contribution >= 0.6 is 0 Å². The van der Waals surface area contributed by atoms with E-state index in [-0.39, 0.29) is 30.4 Å². The number of aliphatic hydroxyl groups is 2. The second kappa shape index (κ2) is 15.9. The Morgan fingerprint density at radius 3 is 2.67 bits per heavy atom. The van der Waals surface area contributed by atoms with E-state index in [0.29, 0.717) is 54.4 Å². The van der Waals surface area contributed by atoms with E-state index in [4.69, 9.17) is 23.7 Å². The first kappa shape index (κ1) is 39.3. The number of carbonyl (C=O) groups excluding carboxylic acids is 2. The molecule has 1 aliphatic carbocycles. The number of fused-ring (bicyclic) bond motifs is 2. The fourth-order valence-corrected chi connectivity index (χ4v) is 8.91. The number of carbonyl (C=O) groups is 2. The number of hydrogen-bond acceptors (Lipinski definition) is 11. The summed E-state index contributed by atoms with van der Waals surface area (Å²) in [4.78, 5) is 29.4. The van der Waals surface area contributed by atoms with Gasteiger partial charge in [0, 0.05) is 25.2 Å². The lowest BCUT2D eigenvalue weighted by Crippen LogP contribution is -2.59. The van der Waals surface area contributed by atoms with Crippen LogP contribution < -0.4 is 0 Å². The molecule has 3 fully saturated rings. The highest BCUT2D eigenvalue weighted by atomic mass is 16.7. The highest BCUT2D eigenvalue weighted by molar-refractivity contribution is 5.87. The number of esters is 2. The van der Waals surface area contributed by atoms with E-state index in [1.54, 1.807) is 25.2 Å². The van der Waals surface area contributed by atoms with Crippen molar-refractivity contribution in [3.8, 4) is 5.69 Å². The molecule has 12 heteroatoms. The molecule has 12 atom stereocenters. The van der Waals surface area contributed by atoms with Gasteiger partial charge in [-0.1, -0.05) is 82.7 Å². The SMILES string of the molecule is CC[C@H](C)[C@H]1O[C@]2(CC[C@@H]1C)C[C@@H]1C[C@@H](C/C=C(\C)[C@@H](O)[C@@H](C)/C=C/C=C3\CO[C@@H]4[C@H](OC(=O)c5cnn(-c6ccccc6)n5)C(C)=C[C@@H](C(=O)O1)[C@]34O)O2. The molecular formula is C43H55N3O9. The minimum atomic E-state index is -1.91. The van der Waals surface area contributed by atoms with Crippen molar-refractivity contribution in [2.45, 2.75) is 128 Å². The van der Waals surface area contributed by atoms with Crippen molar-refractivity contribution in [3.63, 3.8) is 0 Å². The molecule has 5 aliphatic rings. The van der Waals surface area contributed by atoms with E-state index >= 15 is 0 Å². The van der Waals surface area contributed by atoms with Gasteiger partial charge in [-0.2, -0.15) is 9.90 Å². The molecule has 2 bridgehead atoms. The molecule has 1 spiro atoms. The van der Waals surface area contributed by atoms with E-state index in [2.05, 4.69) is 31.0 Å². The number of rotatable bonds is 5. The number of hydrogen-bond donors (Lipinski definition) is 2. The summed E-state index contributed by atoms with van der Waals surface area (Å²) in [6.45, 7) is 12.1. The summed E-state index contributed by atoms with van der Waals surface area (Å²) >= 11 is 0. The van der Waals surface area contributed by atoms with Crippen LogP contribution in [-0.4, -0.2) is 91.8 Å². The molecule has 0 unspecified atom stereocenters. The van der Waals surface area contributed by atoms with Crippen molar-refractivity contribution in [3.05, 3.63) is 89.3 Å². The molecule has 3 saturated heterocycles. The lowest BCUT2D eigenvalue weighted by atomic mass is 9.70. The number of nitrogens with zero attached hydrogens (tertiary/aromatic N) is 3. The summed E-state index contributed by atoms with van der Waals surface area (Å²) < 4.78 is 32.3. The molecule has 2 aromatic rings. The third-order valence-corrected chi connectivity index (χ3v) is 12.4. The van der Waals surface area contributed by atoms with Gasteiger partial charge in [-0.05, 0) is 67.4 Å². The summed E-state index contributed by atoms with van der Waals surface area (Å²) in [6.07, 6.45) is 10.4. The van der Waals surface area contributed by atoms with Crippen molar-refractivity contribution in [2.24, 2.45) is 23.7 Å². The van der Waals surface area contributed by atoms with Gasteiger partial charge in [0.05, 0.1) is 36.8 Å². The molecule has 0 amide bonds. The number of benzene rings is 1. The van der Waals surface area contributed by atoms with Crippen molar-refractivity contribution in [2.75, 3.05) is 6.61 Å². The maximum Gasteiger partial charge on any atom is 0.361 e. The highest BCUT2D eigenvalue weighted by Gasteiger charge is 2.61. The van der Waals surface area contributed by atoms with Gasteiger partial charge in [0.2, 0.25) is 0 Å². The predicted octanol–water partition coefficient (Wildman–Crippen LogP) is 5.98. The van der Waals surface area contributed by atoms with Crippen LogP contribution in [0.1, 0.15) is 90.6 Å². The van der Waals surface area contributed by atoms with E-state index in [0.717, 1.165) is 18.4 Å². The summed E-state index contributed by atoms with van der Waals surface area (Å²) in [5.74, 6) is -3.03. The molecule has 7 rings (SSSR count). The Morgan fingerprint density at radius 2 is 1.91 bits per heavy atom. The van der Waals surface area contributed by atoms with Gasteiger partial charge < -0.3 is 33.9 Å². The number of aliphatic hydroxyl groups excluding tert-OH is 1. The Balaban J connectivity index is 1.22. The highest BCUT2D eigenvalue weighted by Crippen LogP contribution is 2.48. The van der Waals surface area contributed by atoms with E-state index in [9.17, 15) is 19.8 Å². The Labute approximate surface area is 323 Å². The third kappa shape index (κ3) is 7.76. The Hall–Kier alpha value is -3.94. The van der Waals surface area contributed by atoms with Crippen LogP contribution in [0.2, 0.25) is 0 Å². The molecule has 2 N–H and O–H groups in total. The van der Waals surface area contributed by atoms with Gasteiger partial charge in [0.1, 0.15) is 23.7 Å². The molecular weight excluding hydrogens is 702 g/mol. The number of para-hydroxylation sites is 1. The molecule has 296 valence electrons. The van der Waals surface area contributed by atoms with Gasteiger partial charge in [-0.15, -0.1) is 5.10 Å². The lowest BCUT2D eigenvalue weighted by molar-refractivity contribution is -0.340. The standard InChI is InChI=1S/C43H55N3O9/c1-7-25(2)37-28(5)18-19-42(55-37)22-33-21-32(54-42)17-16-27(4)36(47)26(3)12-11-13-30-24-51-39-38(29(6)20-34(40(48)52-33)43(30,39)50)53-41(49)35-23-44-46(45-35)31-14-9-8-10-15-31/h8-16,20,23,25-26,28,32-34,36-39,47,50H,7,17-19,21-22,24H2,1-6H3/b12-11+,27-16+,30-13+/t25-,26-,28-,32+,33-,34-,36-,37+,38+,39+,42+,43+/m0/s1. The zero-order valence-corrected chi connectivity index (χ0v) is 32.7. The monoisotopic (exact) mass is 757 g/mol. The maximum atomic E-state index is 14.5. The van der Waals surface area contributed by atoms with E-state index in [1.165, 1.54) is 11.0 Å². The number of aromatic nitrogens is 3. The average Bonchev–Trinajstić information content (AvgIpc) is 3.81. The van der Waals surface area contributed by atoms with Gasteiger partial charge >= 0.3 is 11.9 Å². The molecule has 1 aromatic heterocycles. The van der Waals surface area contributed by atoms with Crippen molar-refractivity contribution >= 4 is 11.9 Å². The van der Waals surface area contributed by atoms with Gasteiger partial charge in [0.25, 0.3) is 0 Å². The zero-order chi connectivity index (χ0) is 39.1. The normalized spacial score (nSPS) is 39.7. The summed E-state index contributed by atoms with van der Waals surface area (Å²) in [5, 5.41) is 32.6. The van der Waals surface area contributed by atoms with Crippen molar-refractivity contribution < 1.29 is 43.5 Å². The van der Waals surface area contributed by atoms with Crippen LogP contribution in [-0.2, 0) is 28.5 Å². The molecule has 12 nitrogen and oxygen atoms in total. The van der Waals surface area contributed by atoms with Crippen LogP contribution in [0.15, 0.2) is 83.6 Å². The van der Waals surface area contributed by atoms with Crippen LogP contribution in [0.5, 0.6) is 0 Å². The number of allylic oxidation sites excluding steroid dienone is 2. The Kier molecular flexibility index (Phi) is 11.4. The van der Waals surface area contributed by atoms with Gasteiger partial charge in [0.15, 0.2) is 17.6 Å². The number of ether oxygens (including phenoxy) is 5. The minimum absolute atomic E-state index is 0.00491. The van der Waals surface area contributed by atoms with Crippen molar-refractivity contribution in [1.29, 1.82) is 0 Å². The maximum absolute atomic E-state index is 14.5. The van der Waals surface area contributed by atoms with Crippen LogP contribution in [0.4, 0.5) is 0 Å². The minimum Gasteiger partial charge on any atom is -0.462 e. The van der Waals surface area contributed by atoms with Crippen molar-refractivity contribution in [1.82, 2.24) is 15.0 Å². The predicted molar refractivity (Wildman–Crippen MR) is 203 cm³/mol. The van der Waals surface area contributed by atoms with Crippen LogP contribution in [0.3, 0.4) is 0 Å². The Bertz CT molecular complexity index is 1850. The first-order valence-corrected chi connectivity index (χ1v) is 19.8. The first-order chi connectivity index (χ1) is 26.3. The average molecular weight is 758 g/mol. The second-order valence-electron chi connectivity index (χ2n) is 16.3. The van der Waals surface area contributed by atoms with Crippen LogP contribution in [0.25, 0.3) is 5.69 Å². The first-order valence-electron chi connectivity index (χ1n) is 19.8. The second-order valence-corrected chi connectivity index (χ2v) is 16.3. The zero-order valence-electron chi connectivity index (χ0n) is 32.7. The smallest absolute Gasteiger partial charge is 0.361 e. The summed E-state index contributed by atoms with van der Waals surface area (Å²) in [7, 11) is 0. The molecule has 4 aliphatic heterocycles. The fraction of sp³-hybridized carbons (Fsp3) is 0.581. The molecule has 0 radical (unpaired) electrons. The van der Waals surface area contributed by atoms with Gasteiger partial charge in [-0.25, -0.2) is 4.79 Å². The largest absolute Gasteiger partial charge is 0.462 e. The third-order valence-electron chi connectivity index (χ3n) is 12.4. The molecule has 5 heterocycles. The molecule has 0 saturated carbocycles. The fourth-order valence-electron chi connectivity index (χ4n) is 8.91. The Morgan fingerprint density at radius 1 is 1.13 bits per heavy atom. The molecule has 1 aromatic carbocycles. The molecule has 55 heavy (non-hydrogen) atoms. The lowest BCUT2D eigenvalue weighted by Gasteiger charge is -2.51. The van der Waals surface area contributed by atoms with Gasteiger partial charge in [-0.3, -0.25) is 4.79 Å². The summed E-state index contributed by atoms with van der Waals surface area (Å²) in [6, 6.07) is 9.18. The topological polar surface area (TPSA) is 151 Å². The van der Waals surface area contributed by atoms with E-state index < -0.39 is 53.7 Å².